The van der Waals surface area contributed by atoms with E-state index < -0.39 is 12.2 Å². The van der Waals surface area contributed by atoms with Crippen molar-refractivity contribution in [2.45, 2.75) is 19.1 Å². The van der Waals surface area contributed by atoms with Crippen LogP contribution in [0.3, 0.4) is 0 Å². The number of rotatable bonds is 4. The fourth-order valence-corrected chi connectivity index (χ4v) is 2.18. The highest BCUT2D eigenvalue weighted by Crippen LogP contribution is 2.34. The largest absolute Gasteiger partial charge is 0.497 e. The Bertz CT molecular complexity index is 595. The molecule has 0 heterocycles. The number of ether oxygens (including phenoxy) is 1. The number of alkyl halides is 3. The zero-order valence-corrected chi connectivity index (χ0v) is 11.3. The van der Waals surface area contributed by atoms with Gasteiger partial charge in [0.1, 0.15) is 11.8 Å². The third-order valence-corrected chi connectivity index (χ3v) is 3.14. The third-order valence-electron chi connectivity index (χ3n) is 3.14. The standard InChI is InChI=1S/C15H16F3NO/c1-3-19-14(15(16,17)18)12-5-4-11-9-13(20-2)7-6-10(11)8-12/h4-9,14,19H,3H2,1-2H3. The molecule has 0 aromatic heterocycles. The number of benzene rings is 2. The number of halogens is 3. The summed E-state index contributed by atoms with van der Waals surface area (Å²) in [6, 6.07) is 8.41. The molecule has 20 heavy (non-hydrogen) atoms. The molecular formula is C15H16F3NO. The highest BCUT2D eigenvalue weighted by atomic mass is 19.4. The molecule has 0 fully saturated rings. The first-order chi connectivity index (χ1) is 9.45. The second-order valence-electron chi connectivity index (χ2n) is 4.50. The van der Waals surface area contributed by atoms with Crippen molar-refractivity contribution in [3.63, 3.8) is 0 Å². The van der Waals surface area contributed by atoms with Crippen LogP contribution in [-0.2, 0) is 0 Å². The minimum atomic E-state index is -4.31. The van der Waals surface area contributed by atoms with Crippen molar-refractivity contribution in [2.75, 3.05) is 13.7 Å². The van der Waals surface area contributed by atoms with E-state index in [0.29, 0.717) is 5.75 Å². The van der Waals surface area contributed by atoms with Crippen molar-refractivity contribution in [1.82, 2.24) is 5.32 Å². The van der Waals surface area contributed by atoms with Crippen LogP contribution < -0.4 is 10.1 Å². The lowest BCUT2D eigenvalue weighted by Gasteiger charge is -2.21. The van der Waals surface area contributed by atoms with Gasteiger partial charge < -0.3 is 10.1 Å². The summed E-state index contributed by atoms with van der Waals surface area (Å²) in [6.07, 6.45) is -4.31. The second-order valence-corrected chi connectivity index (χ2v) is 4.50. The molecule has 5 heteroatoms. The van der Waals surface area contributed by atoms with Crippen LogP contribution in [0, 0.1) is 0 Å². The Balaban J connectivity index is 2.44. The minimum Gasteiger partial charge on any atom is -0.497 e. The van der Waals surface area contributed by atoms with E-state index in [2.05, 4.69) is 5.32 Å². The van der Waals surface area contributed by atoms with Gasteiger partial charge in [-0.1, -0.05) is 25.1 Å². The maximum absolute atomic E-state index is 13.0. The number of hydrogen-bond acceptors (Lipinski definition) is 2. The Morgan fingerprint density at radius 3 is 2.35 bits per heavy atom. The SMILES string of the molecule is CCNC(c1ccc2cc(OC)ccc2c1)C(F)(F)F. The topological polar surface area (TPSA) is 21.3 Å². The van der Waals surface area contributed by atoms with E-state index in [0.717, 1.165) is 10.8 Å². The summed E-state index contributed by atoms with van der Waals surface area (Å²) >= 11 is 0. The zero-order valence-electron chi connectivity index (χ0n) is 11.3. The van der Waals surface area contributed by atoms with Gasteiger partial charge in [-0.25, -0.2) is 0 Å². The summed E-state index contributed by atoms with van der Waals surface area (Å²) in [7, 11) is 1.56. The Hall–Kier alpha value is -1.75. The van der Waals surface area contributed by atoms with Crippen LogP contribution in [0.5, 0.6) is 5.75 Å². The Morgan fingerprint density at radius 1 is 1.10 bits per heavy atom. The molecule has 1 N–H and O–H groups in total. The maximum Gasteiger partial charge on any atom is 0.407 e. The Labute approximate surface area is 115 Å². The number of methoxy groups -OCH3 is 1. The van der Waals surface area contributed by atoms with Crippen LogP contribution in [0.15, 0.2) is 36.4 Å². The Kier molecular flexibility index (Phi) is 4.18. The van der Waals surface area contributed by atoms with Gasteiger partial charge in [0, 0.05) is 0 Å². The predicted molar refractivity (Wildman–Crippen MR) is 73.0 cm³/mol. The van der Waals surface area contributed by atoms with Gasteiger partial charge in [-0.15, -0.1) is 0 Å². The van der Waals surface area contributed by atoms with Gasteiger partial charge in [0.15, 0.2) is 0 Å². The first-order valence-corrected chi connectivity index (χ1v) is 6.33. The summed E-state index contributed by atoms with van der Waals surface area (Å²) in [4.78, 5) is 0. The molecule has 2 rings (SSSR count). The summed E-state index contributed by atoms with van der Waals surface area (Å²) < 4.78 is 44.2. The maximum atomic E-state index is 13.0. The summed E-state index contributed by atoms with van der Waals surface area (Å²) in [5, 5.41) is 4.09. The van der Waals surface area contributed by atoms with Gasteiger partial charge in [-0.05, 0) is 41.1 Å². The monoisotopic (exact) mass is 283 g/mol. The lowest BCUT2D eigenvalue weighted by molar-refractivity contribution is -0.157. The van der Waals surface area contributed by atoms with Crippen molar-refractivity contribution in [1.29, 1.82) is 0 Å². The van der Waals surface area contributed by atoms with Gasteiger partial charge in [0.05, 0.1) is 7.11 Å². The van der Waals surface area contributed by atoms with E-state index in [1.807, 2.05) is 0 Å². The highest BCUT2D eigenvalue weighted by molar-refractivity contribution is 5.84. The number of nitrogens with one attached hydrogen (secondary N) is 1. The summed E-state index contributed by atoms with van der Waals surface area (Å²) in [6.45, 7) is 1.91. The van der Waals surface area contributed by atoms with Crippen LogP contribution in [0.4, 0.5) is 13.2 Å². The van der Waals surface area contributed by atoms with Gasteiger partial charge in [0.2, 0.25) is 0 Å². The Morgan fingerprint density at radius 2 is 1.75 bits per heavy atom. The number of fused-ring (bicyclic) bond motifs is 1. The predicted octanol–water partition coefficient (Wildman–Crippen LogP) is 4.06. The number of hydrogen-bond donors (Lipinski definition) is 1. The molecule has 0 amide bonds. The van der Waals surface area contributed by atoms with Gasteiger partial charge >= 0.3 is 6.18 Å². The zero-order chi connectivity index (χ0) is 14.8. The average Bonchev–Trinajstić information content (AvgIpc) is 2.42. The molecule has 0 saturated carbocycles. The summed E-state index contributed by atoms with van der Waals surface area (Å²) in [5.41, 5.74) is 0.219. The van der Waals surface area contributed by atoms with Crippen LogP contribution in [0.1, 0.15) is 18.5 Å². The normalized spacial score (nSPS) is 13.4. The van der Waals surface area contributed by atoms with Crippen molar-refractivity contribution in [3.05, 3.63) is 42.0 Å². The van der Waals surface area contributed by atoms with Crippen molar-refractivity contribution >= 4 is 10.8 Å². The molecule has 0 spiro atoms. The quantitative estimate of drug-likeness (QED) is 0.913. The molecule has 2 aromatic carbocycles. The van der Waals surface area contributed by atoms with Crippen LogP contribution >= 0.6 is 0 Å². The molecule has 0 saturated heterocycles. The van der Waals surface area contributed by atoms with Gasteiger partial charge in [-0.3, -0.25) is 0 Å². The van der Waals surface area contributed by atoms with E-state index in [1.54, 1.807) is 44.4 Å². The first kappa shape index (κ1) is 14.7. The minimum absolute atomic E-state index is 0.219. The average molecular weight is 283 g/mol. The molecule has 1 unspecified atom stereocenters. The smallest absolute Gasteiger partial charge is 0.407 e. The van der Waals surface area contributed by atoms with E-state index in [4.69, 9.17) is 4.74 Å². The van der Waals surface area contributed by atoms with E-state index in [1.165, 1.54) is 6.07 Å². The van der Waals surface area contributed by atoms with Crippen molar-refractivity contribution in [2.24, 2.45) is 0 Å². The van der Waals surface area contributed by atoms with Crippen molar-refractivity contribution in [3.8, 4) is 5.75 Å². The van der Waals surface area contributed by atoms with Crippen LogP contribution in [-0.4, -0.2) is 19.8 Å². The van der Waals surface area contributed by atoms with Gasteiger partial charge in [0.25, 0.3) is 0 Å². The molecule has 108 valence electrons. The fourth-order valence-electron chi connectivity index (χ4n) is 2.18. The molecule has 0 radical (unpaired) electrons. The molecule has 2 nitrogen and oxygen atoms in total. The highest BCUT2D eigenvalue weighted by Gasteiger charge is 2.40. The lowest BCUT2D eigenvalue weighted by Crippen LogP contribution is -2.33. The molecule has 1 atom stereocenters. The van der Waals surface area contributed by atoms with Crippen LogP contribution in [0.25, 0.3) is 10.8 Å². The first-order valence-electron chi connectivity index (χ1n) is 6.33. The van der Waals surface area contributed by atoms with E-state index >= 15 is 0 Å². The molecule has 0 aliphatic heterocycles. The van der Waals surface area contributed by atoms with Crippen LogP contribution in [0.2, 0.25) is 0 Å². The molecule has 0 aliphatic carbocycles. The molecule has 0 bridgehead atoms. The van der Waals surface area contributed by atoms with Gasteiger partial charge in [-0.2, -0.15) is 13.2 Å². The molecular weight excluding hydrogens is 267 g/mol. The third kappa shape index (κ3) is 3.04. The summed E-state index contributed by atoms with van der Waals surface area (Å²) in [5.74, 6) is 0.685. The van der Waals surface area contributed by atoms with Crippen molar-refractivity contribution < 1.29 is 17.9 Å². The second kappa shape index (κ2) is 5.71. The molecule has 2 aromatic rings. The lowest BCUT2D eigenvalue weighted by atomic mass is 10.0. The fraction of sp³-hybridized carbons (Fsp3) is 0.333. The van der Waals surface area contributed by atoms with E-state index in [-0.39, 0.29) is 12.1 Å². The van der Waals surface area contributed by atoms with E-state index in [9.17, 15) is 13.2 Å². The molecule has 0 aliphatic rings.